The Bertz CT molecular complexity index is 786. The Labute approximate surface area is 142 Å². The normalized spacial score (nSPS) is 11.5. The molecular formula is C16H15ClFN3O3. The molecule has 6 nitrogen and oxygen atoms in total. The van der Waals surface area contributed by atoms with E-state index in [-0.39, 0.29) is 29.3 Å². The van der Waals surface area contributed by atoms with Crippen LogP contribution in [0, 0.1) is 0 Å². The fourth-order valence-electron chi connectivity index (χ4n) is 1.50. The van der Waals surface area contributed by atoms with Crippen molar-refractivity contribution >= 4 is 17.6 Å². The number of hydrogen-bond donors (Lipinski definition) is 0. The van der Waals surface area contributed by atoms with Gasteiger partial charge in [-0.25, -0.2) is 14.4 Å². The van der Waals surface area contributed by atoms with Gasteiger partial charge in [0.15, 0.2) is 0 Å². The molecule has 0 unspecified atom stereocenters. The molecule has 24 heavy (non-hydrogen) atoms. The van der Waals surface area contributed by atoms with Crippen LogP contribution < -0.4 is 10.3 Å². The predicted octanol–water partition coefficient (Wildman–Crippen LogP) is 2.85. The maximum Gasteiger partial charge on any atom is 0.309 e. The average Bonchev–Trinajstić information content (AvgIpc) is 2.55. The van der Waals surface area contributed by atoms with Crippen molar-refractivity contribution in [1.82, 2.24) is 14.5 Å². The van der Waals surface area contributed by atoms with Crippen LogP contribution in [-0.4, -0.2) is 20.5 Å². The van der Waals surface area contributed by atoms with Gasteiger partial charge in [-0.05, 0) is 17.7 Å². The van der Waals surface area contributed by atoms with Crippen LogP contribution >= 0.6 is 11.6 Å². The summed E-state index contributed by atoms with van der Waals surface area (Å²) in [6.07, 6.45) is 6.70. The lowest BCUT2D eigenvalue weighted by Gasteiger charge is -2.04. The zero-order chi connectivity index (χ0) is 17.9. The van der Waals surface area contributed by atoms with Gasteiger partial charge in [-0.15, -0.1) is 0 Å². The van der Waals surface area contributed by atoms with Crippen molar-refractivity contribution in [3.63, 3.8) is 0 Å². The summed E-state index contributed by atoms with van der Waals surface area (Å²) in [5, 5.41) is -0.130. The third-order valence-corrected chi connectivity index (χ3v) is 2.68. The summed E-state index contributed by atoms with van der Waals surface area (Å²) < 4.78 is 18.4. The molecule has 126 valence electrons. The first-order chi connectivity index (χ1) is 11.5. The van der Waals surface area contributed by atoms with E-state index in [9.17, 15) is 14.0 Å². The highest BCUT2D eigenvalue weighted by molar-refractivity contribution is 6.31. The molecule has 1 aromatic rings. The Morgan fingerprint density at radius 1 is 1.54 bits per heavy atom. The van der Waals surface area contributed by atoms with Crippen molar-refractivity contribution in [1.29, 1.82) is 0 Å². The van der Waals surface area contributed by atoms with Gasteiger partial charge in [0, 0.05) is 19.2 Å². The van der Waals surface area contributed by atoms with Crippen LogP contribution in [0.3, 0.4) is 0 Å². The summed E-state index contributed by atoms with van der Waals surface area (Å²) in [7, 11) is 0. The Morgan fingerprint density at radius 2 is 2.29 bits per heavy atom. The summed E-state index contributed by atoms with van der Waals surface area (Å²) in [6.45, 7) is 4.89. The SMILES string of the molecule is C=C/C(=C\C(Cl)=C\F)Cn1cncc(OC(C)=O)ncccc1=O. The van der Waals surface area contributed by atoms with Crippen LogP contribution in [-0.2, 0) is 11.3 Å². The molecule has 0 aromatic carbocycles. The largest absolute Gasteiger partial charge is 0.406 e. The number of esters is 1. The predicted molar refractivity (Wildman–Crippen MR) is 88.6 cm³/mol. The van der Waals surface area contributed by atoms with Crippen molar-refractivity contribution < 1.29 is 13.9 Å². The fraction of sp³-hybridized carbons (Fsp3) is 0.125. The van der Waals surface area contributed by atoms with Crippen LogP contribution in [0.25, 0.3) is 0 Å². The number of carbonyl (C=O) groups is 1. The van der Waals surface area contributed by atoms with E-state index in [0.717, 1.165) is 0 Å². The van der Waals surface area contributed by atoms with Crippen molar-refractivity contribution in [2.45, 2.75) is 13.5 Å². The lowest BCUT2D eigenvalue weighted by Crippen LogP contribution is -2.17. The number of rotatable bonds is 5. The van der Waals surface area contributed by atoms with Gasteiger partial charge >= 0.3 is 5.97 Å². The molecular weight excluding hydrogens is 337 g/mol. The van der Waals surface area contributed by atoms with Crippen LogP contribution in [0.15, 0.2) is 71.3 Å². The van der Waals surface area contributed by atoms with Gasteiger partial charge in [0.05, 0.1) is 24.1 Å². The second-order valence-electron chi connectivity index (χ2n) is 4.35. The molecule has 0 fully saturated rings. The molecule has 0 saturated heterocycles. The zero-order valence-electron chi connectivity index (χ0n) is 12.9. The lowest BCUT2D eigenvalue weighted by molar-refractivity contribution is -0.132. The number of carbonyl (C=O) groups excluding carboxylic acids is 1. The summed E-state index contributed by atoms with van der Waals surface area (Å²) in [5.41, 5.74) is 0.111. The van der Waals surface area contributed by atoms with Gasteiger partial charge in [0.25, 0.3) is 5.56 Å². The van der Waals surface area contributed by atoms with E-state index >= 15 is 0 Å². The molecule has 0 radical (unpaired) electrons. The summed E-state index contributed by atoms with van der Waals surface area (Å²) in [5.74, 6) is -0.576. The van der Waals surface area contributed by atoms with E-state index in [1.165, 1.54) is 54.5 Å². The Balaban J connectivity index is 3.31. The van der Waals surface area contributed by atoms with Gasteiger partial charge in [-0.1, -0.05) is 24.3 Å². The molecule has 0 N–H and O–H groups in total. The number of ether oxygens (including phenoxy) is 1. The van der Waals surface area contributed by atoms with Gasteiger partial charge in [0.2, 0.25) is 5.88 Å². The van der Waals surface area contributed by atoms with Gasteiger partial charge in [0.1, 0.15) is 6.33 Å². The molecule has 0 aliphatic rings. The summed E-state index contributed by atoms with van der Waals surface area (Å²) in [4.78, 5) is 30.8. The highest BCUT2D eigenvalue weighted by Gasteiger charge is 1.99. The minimum Gasteiger partial charge on any atom is -0.406 e. The first-order valence-corrected chi connectivity index (χ1v) is 7.06. The number of nitrogens with zero attached hydrogens (tertiary/aromatic N) is 3. The maximum absolute atomic E-state index is 12.3. The van der Waals surface area contributed by atoms with E-state index in [4.69, 9.17) is 16.3 Å². The number of allylic oxidation sites excluding steroid dienone is 4. The molecule has 0 aliphatic carbocycles. The first-order valence-electron chi connectivity index (χ1n) is 6.68. The average molecular weight is 352 g/mol. The highest BCUT2D eigenvalue weighted by atomic mass is 35.5. The van der Waals surface area contributed by atoms with Crippen LogP contribution in [0.2, 0.25) is 0 Å². The summed E-state index contributed by atoms with van der Waals surface area (Å²) >= 11 is 5.60. The monoisotopic (exact) mass is 351 g/mol. The number of aromatic nitrogens is 3. The number of halogens is 2. The van der Waals surface area contributed by atoms with E-state index < -0.39 is 5.97 Å². The molecule has 0 bridgehead atoms. The molecule has 1 heterocycles. The van der Waals surface area contributed by atoms with Crippen molar-refractivity contribution in [2.24, 2.45) is 0 Å². The minimum absolute atomic E-state index is 0.0272. The lowest BCUT2D eigenvalue weighted by atomic mass is 10.2. The van der Waals surface area contributed by atoms with Gasteiger partial charge < -0.3 is 4.74 Å². The highest BCUT2D eigenvalue weighted by Crippen LogP contribution is 2.09. The molecule has 1 aromatic heterocycles. The molecule has 1 rings (SSSR count). The number of hydrogen-bond acceptors (Lipinski definition) is 5. The topological polar surface area (TPSA) is 74.1 Å². The smallest absolute Gasteiger partial charge is 0.309 e. The van der Waals surface area contributed by atoms with Gasteiger partial charge in [-0.3, -0.25) is 14.2 Å². The first kappa shape index (κ1) is 19.2. The van der Waals surface area contributed by atoms with Crippen molar-refractivity contribution in [3.05, 3.63) is 76.9 Å². The third-order valence-electron chi connectivity index (χ3n) is 2.49. The van der Waals surface area contributed by atoms with E-state index in [2.05, 4.69) is 16.5 Å². The zero-order valence-corrected chi connectivity index (χ0v) is 13.6. The minimum atomic E-state index is -0.549. The molecule has 0 atom stereocenters. The van der Waals surface area contributed by atoms with Crippen molar-refractivity contribution in [2.75, 3.05) is 0 Å². The molecule has 0 spiro atoms. The third kappa shape index (κ3) is 6.97. The van der Waals surface area contributed by atoms with Crippen LogP contribution in [0.1, 0.15) is 6.92 Å². The second kappa shape index (κ2) is 10.1. The standard InChI is InChI=1S/C16H15ClFN3O3/c1-3-13(7-14(17)8-18)10-21-11-19-9-15(24-12(2)22)20-6-4-5-16(21)23/h3-9,11H,1,10H2,2H3/b5-4?,13-7+,14-8-,15-9?,19-11?,20-6?. The Hall–Kier alpha value is -2.80. The molecule has 0 saturated carbocycles. The van der Waals surface area contributed by atoms with E-state index in [0.29, 0.717) is 5.57 Å². The quantitative estimate of drug-likeness (QED) is 0.602. The molecule has 0 aliphatic heterocycles. The second-order valence-corrected chi connectivity index (χ2v) is 4.78. The van der Waals surface area contributed by atoms with Crippen LogP contribution in [0.5, 0.6) is 5.88 Å². The van der Waals surface area contributed by atoms with Gasteiger partial charge in [-0.2, -0.15) is 0 Å². The van der Waals surface area contributed by atoms with E-state index in [1.54, 1.807) is 0 Å². The maximum atomic E-state index is 12.3. The van der Waals surface area contributed by atoms with E-state index in [1.807, 2.05) is 0 Å². The van der Waals surface area contributed by atoms with Crippen LogP contribution in [0.4, 0.5) is 4.39 Å². The Kier molecular flexibility index (Phi) is 8.07. The molecule has 8 heteroatoms. The summed E-state index contributed by atoms with van der Waals surface area (Å²) in [6, 6.07) is 2.64. The Morgan fingerprint density at radius 3 is 2.92 bits per heavy atom. The molecule has 0 amide bonds. The fourth-order valence-corrected chi connectivity index (χ4v) is 1.64. The van der Waals surface area contributed by atoms with Crippen molar-refractivity contribution in [3.8, 4) is 5.88 Å².